The smallest absolute Gasteiger partial charge is 0.360 e. The number of hydrogen-bond donors (Lipinski definition) is 2. The number of oxime groups is 1. The maximum atomic E-state index is 12.0. The topological polar surface area (TPSA) is 118 Å². The SMILES string of the molecule is Nc1nc(/C(=N\OCC(=O)N2CCCCCC2)C(=O)O)cs1. The van der Waals surface area contributed by atoms with Crippen LogP contribution in [-0.2, 0) is 14.4 Å². The molecule has 22 heavy (non-hydrogen) atoms. The molecule has 120 valence electrons. The fourth-order valence-corrected chi connectivity index (χ4v) is 2.70. The lowest BCUT2D eigenvalue weighted by atomic mass is 10.2. The molecule has 3 N–H and O–H groups in total. The summed E-state index contributed by atoms with van der Waals surface area (Å²) in [4.78, 5) is 33.6. The Bertz CT molecular complexity index is 564. The van der Waals surface area contributed by atoms with Gasteiger partial charge in [-0.2, -0.15) is 0 Å². The van der Waals surface area contributed by atoms with Crippen molar-refractivity contribution in [3.8, 4) is 0 Å². The molecule has 8 nitrogen and oxygen atoms in total. The predicted molar refractivity (Wildman–Crippen MR) is 81.7 cm³/mol. The Balaban J connectivity index is 1.93. The van der Waals surface area contributed by atoms with Gasteiger partial charge in [0.1, 0.15) is 5.69 Å². The minimum atomic E-state index is -1.28. The number of hydrogen-bond acceptors (Lipinski definition) is 7. The number of likely N-dealkylation sites (tertiary alicyclic amines) is 1. The van der Waals surface area contributed by atoms with Crippen LogP contribution in [0, 0.1) is 0 Å². The number of anilines is 1. The maximum absolute atomic E-state index is 12.0. The van der Waals surface area contributed by atoms with Crippen LogP contribution in [0.25, 0.3) is 0 Å². The van der Waals surface area contributed by atoms with Crippen molar-refractivity contribution in [1.82, 2.24) is 9.88 Å². The molecule has 0 bridgehead atoms. The van der Waals surface area contributed by atoms with Gasteiger partial charge in [0.15, 0.2) is 11.7 Å². The molecule has 0 spiro atoms. The number of nitrogens with two attached hydrogens (primary N) is 1. The highest BCUT2D eigenvalue weighted by atomic mass is 32.1. The molecule has 0 aromatic carbocycles. The highest BCUT2D eigenvalue weighted by Crippen LogP contribution is 2.13. The van der Waals surface area contributed by atoms with E-state index in [2.05, 4.69) is 10.1 Å². The number of carbonyl (C=O) groups is 2. The van der Waals surface area contributed by atoms with E-state index in [0.29, 0.717) is 13.1 Å². The number of amides is 1. The average Bonchev–Trinajstić information content (AvgIpc) is 2.75. The molecule has 1 fully saturated rings. The van der Waals surface area contributed by atoms with Crippen LogP contribution in [0.4, 0.5) is 5.13 Å². The summed E-state index contributed by atoms with van der Waals surface area (Å²) in [5.74, 6) is -1.47. The Morgan fingerprint density at radius 3 is 2.59 bits per heavy atom. The lowest BCUT2D eigenvalue weighted by molar-refractivity contribution is -0.136. The van der Waals surface area contributed by atoms with Crippen molar-refractivity contribution in [3.05, 3.63) is 11.1 Å². The Morgan fingerprint density at radius 1 is 1.36 bits per heavy atom. The molecule has 1 aliphatic heterocycles. The van der Waals surface area contributed by atoms with Crippen molar-refractivity contribution in [2.24, 2.45) is 5.16 Å². The normalized spacial score (nSPS) is 16.2. The molecular formula is C13H18N4O4S. The predicted octanol–water partition coefficient (Wildman–Crippen LogP) is 0.933. The van der Waals surface area contributed by atoms with Gasteiger partial charge in [-0.15, -0.1) is 11.3 Å². The van der Waals surface area contributed by atoms with Gasteiger partial charge in [0.25, 0.3) is 5.91 Å². The molecule has 9 heteroatoms. The largest absolute Gasteiger partial charge is 0.476 e. The third kappa shape index (κ3) is 4.42. The molecule has 1 aromatic rings. The minimum absolute atomic E-state index is 0.122. The summed E-state index contributed by atoms with van der Waals surface area (Å²) in [6, 6.07) is 0. The van der Waals surface area contributed by atoms with Crippen LogP contribution in [0.1, 0.15) is 31.4 Å². The second-order valence-electron chi connectivity index (χ2n) is 4.88. The number of nitrogens with zero attached hydrogens (tertiary/aromatic N) is 3. The van der Waals surface area contributed by atoms with E-state index in [4.69, 9.17) is 15.7 Å². The molecule has 2 rings (SSSR count). The molecule has 1 aromatic heterocycles. The van der Waals surface area contributed by atoms with Crippen LogP contribution in [0.15, 0.2) is 10.5 Å². The van der Waals surface area contributed by atoms with Gasteiger partial charge in [0.05, 0.1) is 0 Å². The number of carbonyl (C=O) groups excluding carboxylic acids is 1. The van der Waals surface area contributed by atoms with Crippen molar-refractivity contribution >= 4 is 34.1 Å². The van der Waals surface area contributed by atoms with Crippen molar-refractivity contribution in [3.63, 3.8) is 0 Å². The van der Waals surface area contributed by atoms with Crippen molar-refractivity contribution in [1.29, 1.82) is 0 Å². The number of carboxylic acid groups (broad SMARTS) is 1. The van der Waals surface area contributed by atoms with Gasteiger partial charge in [-0.1, -0.05) is 18.0 Å². The van der Waals surface area contributed by atoms with Gasteiger partial charge in [-0.05, 0) is 12.8 Å². The average molecular weight is 326 g/mol. The molecular weight excluding hydrogens is 308 g/mol. The molecule has 1 amide bonds. The molecule has 1 saturated heterocycles. The van der Waals surface area contributed by atoms with E-state index in [1.54, 1.807) is 4.90 Å². The summed E-state index contributed by atoms with van der Waals surface area (Å²) in [6.45, 7) is 1.14. The van der Waals surface area contributed by atoms with E-state index in [1.807, 2.05) is 0 Å². The third-order valence-electron chi connectivity index (χ3n) is 3.27. The van der Waals surface area contributed by atoms with Gasteiger partial charge < -0.3 is 20.6 Å². The van der Waals surface area contributed by atoms with Gasteiger partial charge in [0.2, 0.25) is 5.71 Å². The number of rotatable bonds is 5. The first-order valence-electron chi connectivity index (χ1n) is 7.00. The van der Waals surface area contributed by atoms with E-state index in [1.165, 1.54) is 5.38 Å². The molecule has 0 atom stereocenters. The fraction of sp³-hybridized carbons (Fsp3) is 0.538. The van der Waals surface area contributed by atoms with Crippen molar-refractivity contribution in [2.75, 3.05) is 25.4 Å². The maximum Gasteiger partial charge on any atom is 0.360 e. The van der Waals surface area contributed by atoms with Crippen LogP contribution in [0.3, 0.4) is 0 Å². The van der Waals surface area contributed by atoms with Crippen LogP contribution in [0.5, 0.6) is 0 Å². The van der Waals surface area contributed by atoms with E-state index in [9.17, 15) is 9.59 Å². The Morgan fingerprint density at radius 2 is 2.05 bits per heavy atom. The van der Waals surface area contributed by atoms with Crippen LogP contribution >= 0.6 is 11.3 Å². The fourth-order valence-electron chi connectivity index (χ4n) is 2.16. The zero-order valence-electron chi connectivity index (χ0n) is 12.0. The quantitative estimate of drug-likeness (QED) is 0.614. The molecule has 2 heterocycles. The van der Waals surface area contributed by atoms with Gasteiger partial charge in [-0.3, -0.25) is 4.79 Å². The number of thiazole rings is 1. The van der Waals surface area contributed by atoms with Gasteiger partial charge in [-0.25, -0.2) is 9.78 Å². The zero-order chi connectivity index (χ0) is 15.9. The van der Waals surface area contributed by atoms with Crippen LogP contribution in [-0.4, -0.2) is 52.3 Å². The number of carboxylic acids is 1. The first kappa shape index (κ1) is 16.2. The van der Waals surface area contributed by atoms with E-state index >= 15 is 0 Å². The summed E-state index contributed by atoms with van der Waals surface area (Å²) in [5.41, 5.74) is 5.22. The van der Waals surface area contributed by atoms with Crippen LogP contribution in [0.2, 0.25) is 0 Å². The lowest BCUT2D eigenvalue weighted by Gasteiger charge is -2.19. The highest BCUT2D eigenvalue weighted by molar-refractivity contribution is 7.13. The first-order chi connectivity index (χ1) is 10.6. The number of aliphatic carboxylic acids is 1. The van der Waals surface area contributed by atoms with E-state index < -0.39 is 5.97 Å². The van der Waals surface area contributed by atoms with Gasteiger partial charge >= 0.3 is 5.97 Å². The standard InChI is InChI=1S/C13H18N4O4S/c14-13-15-9(8-22-13)11(12(19)20)16-21-7-10(18)17-5-3-1-2-4-6-17/h8H,1-7H2,(H2,14,15)(H,19,20)/b16-11+. The van der Waals surface area contributed by atoms with E-state index in [-0.39, 0.29) is 29.1 Å². The Labute approximate surface area is 131 Å². The third-order valence-corrected chi connectivity index (χ3v) is 3.94. The highest BCUT2D eigenvalue weighted by Gasteiger charge is 2.19. The Hall–Kier alpha value is -2.16. The molecule has 1 aliphatic rings. The van der Waals surface area contributed by atoms with E-state index in [0.717, 1.165) is 37.0 Å². The summed E-state index contributed by atoms with van der Waals surface area (Å²) >= 11 is 1.11. The summed E-state index contributed by atoms with van der Waals surface area (Å²) in [7, 11) is 0. The second kappa shape index (κ2) is 7.74. The number of nitrogen functional groups attached to an aromatic ring is 1. The zero-order valence-corrected chi connectivity index (χ0v) is 12.8. The number of aromatic nitrogens is 1. The van der Waals surface area contributed by atoms with Crippen molar-refractivity contribution < 1.29 is 19.5 Å². The molecule has 0 unspecified atom stereocenters. The minimum Gasteiger partial charge on any atom is -0.476 e. The van der Waals surface area contributed by atoms with Crippen LogP contribution < -0.4 is 5.73 Å². The summed E-state index contributed by atoms with van der Waals surface area (Å²) in [6.07, 6.45) is 4.20. The second-order valence-corrected chi connectivity index (χ2v) is 5.77. The monoisotopic (exact) mass is 326 g/mol. The molecule has 0 aliphatic carbocycles. The lowest BCUT2D eigenvalue weighted by Crippen LogP contribution is -2.34. The Kier molecular flexibility index (Phi) is 5.70. The summed E-state index contributed by atoms with van der Waals surface area (Å²) in [5, 5.41) is 14.3. The van der Waals surface area contributed by atoms with Crippen molar-refractivity contribution in [2.45, 2.75) is 25.7 Å². The summed E-state index contributed by atoms with van der Waals surface area (Å²) < 4.78 is 0. The first-order valence-corrected chi connectivity index (χ1v) is 7.88. The van der Waals surface area contributed by atoms with Gasteiger partial charge in [0, 0.05) is 18.5 Å². The molecule has 0 saturated carbocycles. The molecule has 0 radical (unpaired) electrons.